The molecule has 21 heavy (non-hydrogen) atoms. The Morgan fingerprint density at radius 3 is 2.67 bits per heavy atom. The number of rotatable bonds is 4. The minimum absolute atomic E-state index is 0.0761. The van der Waals surface area contributed by atoms with Gasteiger partial charge in [-0.25, -0.2) is 18.7 Å². The van der Waals surface area contributed by atoms with Gasteiger partial charge >= 0.3 is 5.69 Å². The van der Waals surface area contributed by atoms with Crippen molar-refractivity contribution in [3.05, 3.63) is 45.8 Å². The molecule has 0 fully saturated rings. The molecule has 0 unspecified atom stereocenters. The van der Waals surface area contributed by atoms with Gasteiger partial charge in [0.2, 0.25) is 5.82 Å². The van der Waals surface area contributed by atoms with Crippen LogP contribution in [-0.2, 0) is 0 Å². The molecule has 2 rings (SSSR count). The Morgan fingerprint density at radius 1 is 1.33 bits per heavy atom. The smallest absolute Gasteiger partial charge is 0.337 e. The van der Waals surface area contributed by atoms with E-state index < -0.39 is 27.8 Å². The van der Waals surface area contributed by atoms with Crippen LogP contribution in [0.25, 0.3) is 11.3 Å². The molecule has 0 bridgehead atoms. The summed E-state index contributed by atoms with van der Waals surface area (Å²) in [6, 6.07) is 2.30. The van der Waals surface area contributed by atoms with E-state index in [1.165, 1.54) is 13.0 Å². The zero-order valence-electron chi connectivity index (χ0n) is 11.4. The first-order chi connectivity index (χ1) is 9.97. The summed E-state index contributed by atoms with van der Waals surface area (Å²) in [6.45, 7) is 3.53. The van der Waals surface area contributed by atoms with Crippen molar-refractivity contribution >= 4 is 11.5 Å². The number of hydrogen-bond acceptors (Lipinski definition) is 5. The van der Waals surface area contributed by atoms with Gasteiger partial charge in [0.05, 0.1) is 10.5 Å². The lowest BCUT2D eigenvalue weighted by Gasteiger charge is -2.09. The molecule has 0 aliphatic heterocycles. The van der Waals surface area contributed by atoms with Gasteiger partial charge < -0.3 is 5.32 Å². The molecule has 1 aromatic carbocycles. The monoisotopic (exact) mass is 294 g/mol. The summed E-state index contributed by atoms with van der Waals surface area (Å²) in [7, 11) is 0. The van der Waals surface area contributed by atoms with Crippen LogP contribution in [0, 0.1) is 28.7 Å². The summed E-state index contributed by atoms with van der Waals surface area (Å²) in [5.74, 6) is -1.87. The van der Waals surface area contributed by atoms with Crippen LogP contribution in [0.4, 0.5) is 20.3 Å². The van der Waals surface area contributed by atoms with Crippen LogP contribution in [-0.4, -0.2) is 21.4 Å². The van der Waals surface area contributed by atoms with E-state index in [9.17, 15) is 18.9 Å². The van der Waals surface area contributed by atoms with E-state index in [0.717, 1.165) is 12.4 Å². The Balaban J connectivity index is 2.79. The quantitative estimate of drug-likeness (QED) is 0.692. The van der Waals surface area contributed by atoms with Crippen molar-refractivity contribution in [2.24, 2.45) is 0 Å². The second-order valence-corrected chi connectivity index (χ2v) is 4.26. The van der Waals surface area contributed by atoms with E-state index in [4.69, 9.17) is 0 Å². The van der Waals surface area contributed by atoms with Crippen molar-refractivity contribution in [1.82, 2.24) is 9.97 Å². The van der Waals surface area contributed by atoms with Crippen LogP contribution in [0.2, 0.25) is 0 Å². The summed E-state index contributed by atoms with van der Waals surface area (Å²) in [5.41, 5.74) is -1.29. The number of nitrogens with zero attached hydrogens (tertiary/aromatic N) is 3. The van der Waals surface area contributed by atoms with Gasteiger partial charge in [-0.2, -0.15) is 0 Å². The molecular formula is C13H12F2N4O2. The average Bonchev–Trinajstić information content (AvgIpc) is 2.44. The summed E-state index contributed by atoms with van der Waals surface area (Å²) >= 11 is 0. The van der Waals surface area contributed by atoms with Gasteiger partial charge in [-0.1, -0.05) is 6.07 Å². The molecule has 0 spiro atoms. The van der Waals surface area contributed by atoms with Crippen molar-refractivity contribution in [3.63, 3.8) is 0 Å². The van der Waals surface area contributed by atoms with Crippen LogP contribution in [0.5, 0.6) is 0 Å². The molecule has 2 aromatic rings. The standard InChI is InChI=1S/C13H12F2N4O2/c1-3-16-13-12(19(20)21)11(17-6-18-13)9-8(14)5-4-7(2)10(9)15/h4-6H,3H2,1-2H3,(H,16,17,18). The molecule has 0 radical (unpaired) electrons. The molecule has 0 saturated carbocycles. The third-order valence-corrected chi connectivity index (χ3v) is 2.87. The Bertz CT molecular complexity index is 707. The van der Waals surface area contributed by atoms with Crippen molar-refractivity contribution in [2.75, 3.05) is 11.9 Å². The van der Waals surface area contributed by atoms with Crippen LogP contribution < -0.4 is 5.32 Å². The lowest BCUT2D eigenvalue weighted by Crippen LogP contribution is -2.07. The second kappa shape index (κ2) is 5.78. The van der Waals surface area contributed by atoms with E-state index in [1.54, 1.807) is 6.92 Å². The van der Waals surface area contributed by atoms with Crippen LogP contribution in [0.3, 0.4) is 0 Å². The van der Waals surface area contributed by atoms with E-state index in [1.807, 2.05) is 0 Å². The normalized spacial score (nSPS) is 10.5. The molecule has 1 N–H and O–H groups in total. The predicted molar refractivity (Wildman–Crippen MR) is 72.9 cm³/mol. The molecule has 0 saturated heterocycles. The highest BCUT2D eigenvalue weighted by molar-refractivity contribution is 5.77. The summed E-state index contributed by atoms with van der Waals surface area (Å²) in [6.07, 6.45) is 1.03. The fourth-order valence-electron chi connectivity index (χ4n) is 1.91. The molecule has 0 aliphatic rings. The maximum atomic E-state index is 14.2. The van der Waals surface area contributed by atoms with Crippen molar-refractivity contribution < 1.29 is 13.7 Å². The van der Waals surface area contributed by atoms with Gasteiger partial charge in [-0.05, 0) is 25.5 Å². The largest absolute Gasteiger partial charge is 0.365 e. The highest BCUT2D eigenvalue weighted by atomic mass is 19.1. The summed E-state index contributed by atoms with van der Waals surface area (Å²) < 4.78 is 28.1. The first-order valence-electron chi connectivity index (χ1n) is 6.15. The first-order valence-corrected chi connectivity index (χ1v) is 6.15. The average molecular weight is 294 g/mol. The van der Waals surface area contributed by atoms with Crippen molar-refractivity contribution in [2.45, 2.75) is 13.8 Å². The molecule has 8 heteroatoms. The maximum Gasteiger partial charge on any atom is 0.337 e. The van der Waals surface area contributed by atoms with Crippen LogP contribution >= 0.6 is 0 Å². The number of halogens is 2. The Hall–Kier alpha value is -2.64. The highest BCUT2D eigenvalue weighted by Crippen LogP contribution is 2.36. The molecular weight excluding hydrogens is 282 g/mol. The number of anilines is 1. The molecule has 0 atom stereocenters. The molecule has 6 nitrogen and oxygen atoms in total. The van der Waals surface area contributed by atoms with E-state index in [2.05, 4.69) is 15.3 Å². The lowest BCUT2D eigenvalue weighted by atomic mass is 10.1. The van der Waals surface area contributed by atoms with Gasteiger partial charge in [0.25, 0.3) is 0 Å². The van der Waals surface area contributed by atoms with Gasteiger partial charge in [-0.3, -0.25) is 10.1 Å². The van der Waals surface area contributed by atoms with Gasteiger partial charge in [-0.15, -0.1) is 0 Å². The predicted octanol–water partition coefficient (Wildman–Crippen LogP) is 3.07. The lowest BCUT2D eigenvalue weighted by molar-refractivity contribution is -0.383. The topological polar surface area (TPSA) is 81.0 Å². The van der Waals surface area contributed by atoms with Crippen molar-refractivity contribution in [3.8, 4) is 11.3 Å². The molecule has 0 aliphatic carbocycles. The van der Waals surface area contributed by atoms with Gasteiger partial charge in [0.1, 0.15) is 18.0 Å². The van der Waals surface area contributed by atoms with E-state index in [0.29, 0.717) is 6.54 Å². The zero-order chi connectivity index (χ0) is 15.6. The number of benzene rings is 1. The zero-order valence-corrected chi connectivity index (χ0v) is 11.4. The second-order valence-electron chi connectivity index (χ2n) is 4.26. The molecule has 1 aromatic heterocycles. The Labute approximate surface area is 119 Å². The summed E-state index contributed by atoms with van der Waals surface area (Å²) in [5, 5.41) is 13.9. The fourth-order valence-corrected chi connectivity index (χ4v) is 1.91. The molecule has 1 heterocycles. The first kappa shape index (κ1) is 14.8. The van der Waals surface area contributed by atoms with Gasteiger partial charge in [0.15, 0.2) is 5.69 Å². The minimum Gasteiger partial charge on any atom is -0.365 e. The number of aryl methyl sites for hydroxylation is 1. The maximum absolute atomic E-state index is 14.2. The minimum atomic E-state index is -0.914. The van der Waals surface area contributed by atoms with Crippen LogP contribution in [0.15, 0.2) is 18.5 Å². The van der Waals surface area contributed by atoms with E-state index >= 15 is 0 Å². The highest BCUT2D eigenvalue weighted by Gasteiger charge is 2.28. The number of aromatic nitrogens is 2. The number of nitrogens with one attached hydrogen (secondary N) is 1. The Morgan fingerprint density at radius 2 is 2.05 bits per heavy atom. The fraction of sp³-hybridized carbons (Fsp3) is 0.231. The van der Waals surface area contributed by atoms with Crippen LogP contribution in [0.1, 0.15) is 12.5 Å². The third-order valence-electron chi connectivity index (χ3n) is 2.87. The molecule has 0 amide bonds. The Kier molecular flexibility index (Phi) is 4.06. The van der Waals surface area contributed by atoms with E-state index in [-0.39, 0.29) is 17.1 Å². The number of hydrogen-bond donors (Lipinski definition) is 1. The molecule has 110 valence electrons. The van der Waals surface area contributed by atoms with Crippen molar-refractivity contribution in [1.29, 1.82) is 0 Å². The summed E-state index contributed by atoms with van der Waals surface area (Å²) in [4.78, 5) is 17.9. The number of nitro groups is 1. The van der Waals surface area contributed by atoms with Gasteiger partial charge in [0, 0.05) is 6.54 Å². The third kappa shape index (κ3) is 2.64. The SMILES string of the molecule is CCNc1ncnc(-c2c(F)ccc(C)c2F)c1[N+](=O)[O-].